The second kappa shape index (κ2) is 15.1. The van der Waals surface area contributed by atoms with Crippen LogP contribution in [0.1, 0.15) is 22.3 Å². The number of hydrogen-bond donors (Lipinski definition) is 1. The van der Waals surface area contributed by atoms with Gasteiger partial charge >= 0.3 is 0 Å². The molecule has 10 aromatic carbocycles. The Labute approximate surface area is 368 Å². The average molecular weight is 803 g/mol. The van der Waals surface area contributed by atoms with Crippen molar-refractivity contribution in [2.75, 3.05) is 5.32 Å². The van der Waals surface area contributed by atoms with Crippen LogP contribution in [-0.2, 0) is 5.41 Å². The molecule has 0 bridgehead atoms. The zero-order valence-corrected chi connectivity index (χ0v) is 34.6. The van der Waals surface area contributed by atoms with Crippen molar-refractivity contribution < 1.29 is 0 Å². The fraction of sp³-hybridized carbons (Fsp3) is 0.0164. The number of nitrogens with one attached hydrogen (secondary N) is 1. The van der Waals surface area contributed by atoms with E-state index in [1.54, 1.807) is 0 Å². The summed E-state index contributed by atoms with van der Waals surface area (Å²) in [6.45, 7) is 0. The molecule has 2 nitrogen and oxygen atoms in total. The first kappa shape index (κ1) is 36.6. The van der Waals surface area contributed by atoms with E-state index >= 15 is 0 Å². The standard InChI is InChI=1S/C61H42N2/c1-4-15-42(16-5-1)43-29-35-52(36-30-43)63-59-26-13-11-24-55(59)56-40-47(31-38-60(56)63)46-18-14-17-45(39-46)44-27-32-50(33-28-44)62-51-34-37-54-53-23-10-12-25-57(53)61(58(54)41-51,48-19-6-2-7-20-48)49-21-8-3-9-22-49/h1-41,62H. The summed E-state index contributed by atoms with van der Waals surface area (Å²) < 4.78 is 2.39. The number of hydrogen-bond acceptors (Lipinski definition) is 1. The molecule has 296 valence electrons. The van der Waals surface area contributed by atoms with Crippen LogP contribution >= 0.6 is 0 Å². The quantitative estimate of drug-likeness (QED) is 0.162. The molecule has 1 aliphatic rings. The minimum absolute atomic E-state index is 0.433. The highest BCUT2D eigenvalue weighted by Gasteiger charge is 2.46. The Morgan fingerprint density at radius 1 is 0.302 bits per heavy atom. The molecule has 0 radical (unpaired) electrons. The third-order valence-corrected chi connectivity index (χ3v) is 13.1. The number of nitrogens with zero attached hydrogens (tertiary/aromatic N) is 1. The van der Waals surface area contributed by atoms with Crippen LogP contribution < -0.4 is 5.32 Å². The van der Waals surface area contributed by atoms with Crippen molar-refractivity contribution in [2.24, 2.45) is 0 Å². The lowest BCUT2D eigenvalue weighted by atomic mass is 9.67. The van der Waals surface area contributed by atoms with Gasteiger partial charge in [-0.1, -0.05) is 188 Å². The van der Waals surface area contributed by atoms with Gasteiger partial charge < -0.3 is 9.88 Å². The summed E-state index contributed by atoms with van der Waals surface area (Å²) in [5.74, 6) is 0. The molecule has 0 spiro atoms. The molecule has 0 aliphatic heterocycles. The van der Waals surface area contributed by atoms with Gasteiger partial charge in [0.2, 0.25) is 0 Å². The smallest absolute Gasteiger partial charge is 0.0714 e. The van der Waals surface area contributed by atoms with Gasteiger partial charge in [0.05, 0.1) is 16.4 Å². The number of para-hydroxylation sites is 1. The SMILES string of the molecule is c1ccc(-c2ccc(-n3c4ccccc4c4cc(-c5cccc(-c6ccc(Nc7ccc8c(c7)C(c7ccccc7)(c7ccccc7)c7ccccc7-8)cc6)c5)ccc43)cc2)cc1. The number of rotatable bonds is 8. The Hall–Kier alpha value is -8.20. The molecule has 12 rings (SSSR count). The molecule has 0 saturated carbocycles. The first-order valence-corrected chi connectivity index (χ1v) is 21.7. The van der Waals surface area contributed by atoms with E-state index in [4.69, 9.17) is 0 Å². The summed E-state index contributed by atoms with van der Waals surface area (Å²) in [5, 5.41) is 6.27. The largest absolute Gasteiger partial charge is 0.356 e. The monoisotopic (exact) mass is 802 g/mol. The number of anilines is 2. The Morgan fingerprint density at radius 2 is 0.810 bits per heavy atom. The number of aromatic nitrogens is 1. The zero-order valence-electron chi connectivity index (χ0n) is 34.6. The fourth-order valence-corrected chi connectivity index (χ4v) is 10.2. The van der Waals surface area contributed by atoms with E-state index in [0.717, 1.165) is 17.1 Å². The third-order valence-electron chi connectivity index (χ3n) is 13.1. The van der Waals surface area contributed by atoms with Crippen LogP contribution in [0, 0.1) is 0 Å². The van der Waals surface area contributed by atoms with Crippen LogP contribution in [0.3, 0.4) is 0 Å². The molecule has 0 saturated heterocycles. The van der Waals surface area contributed by atoms with E-state index in [1.165, 1.54) is 88.6 Å². The van der Waals surface area contributed by atoms with E-state index in [2.05, 4.69) is 259 Å². The van der Waals surface area contributed by atoms with Crippen molar-refractivity contribution in [3.05, 3.63) is 271 Å². The van der Waals surface area contributed by atoms with Crippen molar-refractivity contribution in [3.8, 4) is 50.2 Å². The van der Waals surface area contributed by atoms with Gasteiger partial charge in [0, 0.05) is 27.8 Å². The molecule has 0 fully saturated rings. The third kappa shape index (κ3) is 6.10. The molecule has 1 N–H and O–H groups in total. The van der Waals surface area contributed by atoms with Crippen LogP contribution in [0.5, 0.6) is 0 Å². The Bertz CT molecular complexity index is 3400. The van der Waals surface area contributed by atoms with Crippen LogP contribution in [0.4, 0.5) is 11.4 Å². The van der Waals surface area contributed by atoms with E-state index in [-0.39, 0.29) is 0 Å². The molecule has 0 unspecified atom stereocenters. The lowest BCUT2D eigenvalue weighted by molar-refractivity contribution is 0.769. The highest BCUT2D eigenvalue weighted by molar-refractivity contribution is 6.10. The van der Waals surface area contributed by atoms with E-state index in [0.29, 0.717) is 0 Å². The maximum absolute atomic E-state index is 3.77. The molecule has 1 aliphatic carbocycles. The highest BCUT2D eigenvalue weighted by atomic mass is 15.0. The van der Waals surface area contributed by atoms with Crippen molar-refractivity contribution >= 4 is 33.2 Å². The maximum atomic E-state index is 3.77. The van der Waals surface area contributed by atoms with Crippen LogP contribution in [-0.4, -0.2) is 4.57 Å². The molecule has 11 aromatic rings. The number of benzene rings is 10. The summed E-state index contributed by atoms with van der Waals surface area (Å²) >= 11 is 0. The summed E-state index contributed by atoms with van der Waals surface area (Å²) in [7, 11) is 0. The van der Waals surface area contributed by atoms with E-state index < -0.39 is 5.41 Å². The lowest BCUT2D eigenvalue weighted by Crippen LogP contribution is -2.28. The minimum atomic E-state index is -0.433. The van der Waals surface area contributed by atoms with E-state index in [9.17, 15) is 0 Å². The Balaban J connectivity index is 0.852. The zero-order chi connectivity index (χ0) is 41.7. The van der Waals surface area contributed by atoms with Gasteiger partial charge in [-0.25, -0.2) is 0 Å². The van der Waals surface area contributed by atoms with Crippen molar-refractivity contribution in [2.45, 2.75) is 5.41 Å². The van der Waals surface area contributed by atoms with Gasteiger partial charge in [-0.2, -0.15) is 0 Å². The second-order valence-electron chi connectivity index (χ2n) is 16.6. The molecule has 0 amide bonds. The van der Waals surface area contributed by atoms with E-state index in [1.807, 2.05) is 0 Å². The van der Waals surface area contributed by atoms with Crippen LogP contribution in [0.15, 0.2) is 249 Å². The topological polar surface area (TPSA) is 17.0 Å². The van der Waals surface area contributed by atoms with Crippen molar-refractivity contribution in [3.63, 3.8) is 0 Å². The number of fused-ring (bicyclic) bond motifs is 6. The van der Waals surface area contributed by atoms with Gasteiger partial charge in [0.15, 0.2) is 0 Å². The molecule has 0 atom stereocenters. The van der Waals surface area contributed by atoms with Gasteiger partial charge in [0.1, 0.15) is 0 Å². The summed E-state index contributed by atoms with van der Waals surface area (Å²) in [6.07, 6.45) is 0. The predicted molar refractivity (Wildman–Crippen MR) is 264 cm³/mol. The van der Waals surface area contributed by atoms with Gasteiger partial charge in [-0.15, -0.1) is 0 Å². The molecular formula is C61H42N2. The summed E-state index contributed by atoms with van der Waals surface area (Å²) in [4.78, 5) is 0. The Morgan fingerprint density at radius 3 is 1.56 bits per heavy atom. The summed E-state index contributed by atoms with van der Waals surface area (Å²) in [6, 6.07) is 90.6. The molecule has 63 heavy (non-hydrogen) atoms. The van der Waals surface area contributed by atoms with Crippen molar-refractivity contribution in [1.29, 1.82) is 0 Å². The minimum Gasteiger partial charge on any atom is -0.356 e. The van der Waals surface area contributed by atoms with Crippen molar-refractivity contribution in [1.82, 2.24) is 4.57 Å². The van der Waals surface area contributed by atoms with Gasteiger partial charge in [-0.05, 0) is 127 Å². The molecule has 1 heterocycles. The highest BCUT2D eigenvalue weighted by Crippen LogP contribution is 2.56. The molecular weight excluding hydrogens is 761 g/mol. The van der Waals surface area contributed by atoms with Gasteiger partial charge in [-0.3, -0.25) is 0 Å². The van der Waals surface area contributed by atoms with Gasteiger partial charge in [0.25, 0.3) is 0 Å². The van der Waals surface area contributed by atoms with Crippen LogP contribution in [0.2, 0.25) is 0 Å². The molecule has 1 aromatic heterocycles. The maximum Gasteiger partial charge on any atom is 0.0714 e. The molecule has 2 heteroatoms. The normalized spacial score (nSPS) is 12.6. The second-order valence-corrected chi connectivity index (χ2v) is 16.6. The first-order chi connectivity index (χ1) is 31.2. The first-order valence-electron chi connectivity index (χ1n) is 21.7. The Kier molecular flexibility index (Phi) is 8.76. The lowest BCUT2D eigenvalue weighted by Gasteiger charge is -2.34. The average Bonchev–Trinajstić information content (AvgIpc) is 3.85. The fourth-order valence-electron chi connectivity index (χ4n) is 10.2. The van der Waals surface area contributed by atoms with Crippen LogP contribution in [0.25, 0.3) is 72.0 Å². The predicted octanol–water partition coefficient (Wildman–Crippen LogP) is 15.9. The summed E-state index contributed by atoms with van der Waals surface area (Å²) in [5.41, 5.74) is 20.1.